The van der Waals surface area contributed by atoms with E-state index in [4.69, 9.17) is 0 Å². The number of fused-ring (bicyclic) bond motifs is 4. The molecule has 0 aliphatic carbocycles. The standard InChI is InChI=1S/C26H35N5O3.C26H31N5O3.CH4/c2*32-22(17-29-13-10-19-6-2-3-7-20(19)15-29)14-27-25(33)23-18-31-16-21(8-9-24(31)28-23)26(34)30-11-4-1-5-12-30;/h2-3,6-7,18,21-22,32H,1,4-5,8-17H2,(H,27,33);2-3,6-9,16,18,22,32H,1,4-5,10-15,17H2,(H,27,33);1H4/t21?,22-;22-;/m00./s1. The van der Waals surface area contributed by atoms with E-state index in [2.05, 4.69) is 72.9 Å². The number of nitrogens with one attached hydrogen (secondary N) is 2. The number of piperidine rings is 2. The predicted molar refractivity (Wildman–Crippen MR) is 264 cm³/mol. The molecule has 4 amide bonds. The minimum atomic E-state index is -0.667. The van der Waals surface area contributed by atoms with Crippen LogP contribution in [0.1, 0.15) is 112 Å². The highest BCUT2D eigenvalue weighted by atomic mass is 16.3. The van der Waals surface area contributed by atoms with Crippen molar-refractivity contribution in [2.75, 3.05) is 65.4 Å². The number of aliphatic hydroxyl groups is 2. The van der Waals surface area contributed by atoms with Gasteiger partial charge in [0, 0.05) is 110 Å². The van der Waals surface area contributed by atoms with Crippen molar-refractivity contribution in [1.82, 2.24) is 49.2 Å². The maximum absolute atomic E-state index is 12.9. The summed E-state index contributed by atoms with van der Waals surface area (Å²) in [6.45, 7) is 8.72. The van der Waals surface area contributed by atoms with Gasteiger partial charge in [0.25, 0.3) is 17.7 Å². The number of carbonyl (C=O) groups excluding carboxylic acids is 4. The molecule has 3 aromatic heterocycles. The largest absolute Gasteiger partial charge is 0.390 e. The van der Waals surface area contributed by atoms with Gasteiger partial charge in [-0.3, -0.25) is 29.0 Å². The molecular weight excluding hydrogens is 873 g/mol. The SMILES string of the molecule is C.O=C(NC[C@H](O)CN1CCc2ccccc2C1)c1cn2c(n1)CCC(C(=O)N1CCCCC1)C2.O=C(NC[C@H](O)CN1CCc2ccccc2C1)c1cn2cc(C(=O)N3CCCCC3)ccc2n1. The molecular formula is C53H70N10O6. The molecule has 16 nitrogen and oxygen atoms in total. The summed E-state index contributed by atoms with van der Waals surface area (Å²) >= 11 is 0. The van der Waals surface area contributed by atoms with E-state index in [9.17, 15) is 29.4 Å². The fourth-order valence-electron chi connectivity index (χ4n) is 10.4. The van der Waals surface area contributed by atoms with Crippen LogP contribution >= 0.6 is 0 Å². The van der Waals surface area contributed by atoms with Crippen LogP contribution in [0.3, 0.4) is 0 Å². The minimum absolute atomic E-state index is 0. The summed E-state index contributed by atoms with van der Waals surface area (Å²) in [4.78, 5) is 68.2. The van der Waals surface area contributed by atoms with Crippen LogP contribution < -0.4 is 10.6 Å². The lowest BCUT2D eigenvalue weighted by Crippen LogP contribution is -2.42. The maximum Gasteiger partial charge on any atom is 0.271 e. The van der Waals surface area contributed by atoms with Gasteiger partial charge in [0.15, 0.2) is 0 Å². The van der Waals surface area contributed by atoms with Gasteiger partial charge in [0.2, 0.25) is 5.91 Å². The number of carbonyl (C=O) groups is 4. The van der Waals surface area contributed by atoms with Gasteiger partial charge in [-0.2, -0.15) is 0 Å². The van der Waals surface area contributed by atoms with Gasteiger partial charge in [-0.15, -0.1) is 0 Å². The second kappa shape index (κ2) is 23.1. The van der Waals surface area contributed by atoms with Gasteiger partial charge in [-0.25, -0.2) is 9.97 Å². The molecule has 10 rings (SSSR count). The summed E-state index contributed by atoms with van der Waals surface area (Å²) in [6.07, 6.45) is 13.9. The first-order valence-corrected chi connectivity index (χ1v) is 24.8. The number of aryl methyl sites for hydroxylation is 1. The molecule has 4 N–H and O–H groups in total. The first-order valence-electron chi connectivity index (χ1n) is 24.8. The van der Waals surface area contributed by atoms with E-state index in [-0.39, 0.29) is 55.8 Å². The van der Waals surface area contributed by atoms with Crippen molar-refractivity contribution in [2.45, 2.75) is 103 Å². The number of hydrogen-bond acceptors (Lipinski definition) is 10. The van der Waals surface area contributed by atoms with E-state index in [0.717, 1.165) is 103 Å². The number of rotatable bonds is 12. The zero-order valence-corrected chi connectivity index (χ0v) is 39.1. The second-order valence-corrected chi connectivity index (χ2v) is 19.2. The third-order valence-electron chi connectivity index (χ3n) is 14.2. The van der Waals surface area contributed by atoms with Gasteiger partial charge in [-0.05, 0) is 92.2 Å². The molecule has 16 heteroatoms. The lowest BCUT2D eigenvalue weighted by atomic mass is 9.97. The molecule has 0 saturated carbocycles. The number of pyridine rings is 1. The molecule has 0 bridgehead atoms. The van der Waals surface area contributed by atoms with Crippen LogP contribution in [0, 0.1) is 5.92 Å². The van der Waals surface area contributed by atoms with Crippen molar-refractivity contribution in [3.8, 4) is 0 Å². The van der Waals surface area contributed by atoms with E-state index < -0.39 is 12.2 Å². The summed E-state index contributed by atoms with van der Waals surface area (Å²) < 4.78 is 3.68. The zero-order chi connectivity index (χ0) is 47.0. The van der Waals surface area contributed by atoms with Crippen molar-refractivity contribution >= 4 is 29.3 Å². The van der Waals surface area contributed by atoms with Crippen molar-refractivity contribution in [2.24, 2.45) is 5.92 Å². The predicted octanol–water partition coefficient (Wildman–Crippen LogP) is 4.35. The number of aliphatic hydroxyl groups excluding tert-OH is 2. The van der Waals surface area contributed by atoms with E-state index in [1.165, 1.54) is 35.1 Å². The van der Waals surface area contributed by atoms with Gasteiger partial charge in [-0.1, -0.05) is 56.0 Å². The number of imidazole rings is 2. The number of β-amino-alcohol motifs (C(OH)–C–C–N with tert-alkyl or cyclic N) is 2. The van der Waals surface area contributed by atoms with Crippen LogP contribution in [-0.4, -0.2) is 150 Å². The summed E-state index contributed by atoms with van der Waals surface area (Å²) in [6, 6.07) is 20.3. The van der Waals surface area contributed by atoms with Crippen molar-refractivity contribution in [3.05, 3.63) is 124 Å². The second-order valence-electron chi connectivity index (χ2n) is 19.2. The molecule has 368 valence electrons. The summed E-state index contributed by atoms with van der Waals surface area (Å²) in [5.74, 6) is 0.477. The molecule has 5 aliphatic heterocycles. The Morgan fingerprint density at radius 2 is 1.14 bits per heavy atom. The third kappa shape index (κ3) is 12.5. The minimum Gasteiger partial charge on any atom is -0.390 e. The highest BCUT2D eigenvalue weighted by Crippen LogP contribution is 2.25. The summed E-state index contributed by atoms with van der Waals surface area (Å²) in [5, 5.41) is 26.6. The molecule has 0 spiro atoms. The highest BCUT2D eigenvalue weighted by molar-refractivity contribution is 5.95. The Morgan fingerprint density at radius 1 is 0.609 bits per heavy atom. The average molecular weight is 943 g/mol. The Kier molecular flexibility index (Phi) is 16.6. The first kappa shape index (κ1) is 49.5. The van der Waals surface area contributed by atoms with Gasteiger partial charge < -0.3 is 39.6 Å². The van der Waals surface area contributed by atoms with Crippen LogP contribution in [0.2, 0.25) is 0 Å². The van der Waals surface area contributed by atoms with E-state index in [1.54, 1.807) is 35.1 Å². The summed E-state index contributed by atoms with van der Waals surface area (Å²) in [7, 11) is 0. The monoisotopic (exact) mass is 943 g/mol. The van der Waals surface area contributed by atoms with Crippen molar-refractivity contribution in [3.63, 3.8) is 0 Å². The fraction of sp³-hybridized carbons (Fsp3) is 0.509. The molecule has 2 saturated heterocycles. The van der Waals surface area contributed by atoms with E-state index in [1.807, 2.05) is 20.4 Å². The lowest BCUT2D eigenvalue weighted by Gasteiger charge is -2.32. The van der Waals surface area contributed by atoms with Crippen LogP contribution in [0.4, 0.5) is 0 Å². The molecule has 1 unspecified atom stereocenters. The normalized spacial score (nSPS) is 19.1. The van der Waals surface area contributed by atoms with Crippen molar-refractivity contribution in [1.29, 1.82) is 0 Å². The number of likely N-dealkylation sites (tertiary alicyclic amines) is 2. The summed E-state index contributed by atoms with van der Waals surface area (Å²) in [5.41, 5.74) is 7.19. The van der Waals surface area contributed by atoms with Gasteiger partial charge in [0.1, 0.15) is 22.9 Å². The van der Waals surface area contributed by atoms with Gasteiger partial charge >= 0.3 is 0 Å². The number of amides is 4. The Hall–Kier alpha value is -5.94. The molecule has 5 aliphatic rings. The lowest BCUT2D eigenvalue weighted by molar-refractivity contribution is -0.137. The molecule has 0 radical (unpaired) electrons. The Labute approximate surface area is 405 Å². The number of benzene rings is 2. The number of nitrogens with zero attached hydrogens (tertiary/aromatic N) is 8. The smallest absolute Gasteiger partial charge is 0.271 e. The number of hydrogen-bond donors (Lipinski definition) is 4. The zero-order valence-electron chi connectivity index (χ0n) is 39.1. The van der Waals surface area contributed by atoms with Crippen LogP contribution in [0.15, 0.2) is 79.3 Å². The van der Waals surface area contributed by atoms with Crippen LogP contribution in [0.5, 0.6) is 0 Å². The van der Waals surface area contributed by atoms with Crippen molar-refractivity contribution < 1.29 is 29.4 Å². The van der Waals surface area contributed by atoms with Crippen LogP contribution in [-0.2, 0) is 43.7 Å². The average Bonchev–Trinajstić information content (AvgIpc) is 4.02. The molecule has 69 heavy (non-hydrogen) atoms. The molecule has 5 aromatic rings. The van der Waals surface area contributed by atoms with Crippen LogP contribution in [0.25, 0.3) is 5.65 Å². The molecule has 2 fully saturated rings. The Morgan fingerprint density at radius 3 is 1.72 bits per heavy atom. The molecule has 8 heterocycles. The number of aromatic nitrogens is 4. The van der Waals surface area contributed by atoms with Gasteiger partial charge in [0.05, 0.1) is 23.7 Å². The fourth-order valence-corrected chi connectivity index (χ4v) is 10.4. The maximum atomic E-state index is 12.9. The topological polar surface area (TPSA) is 181 Å². The van der Waals surface area contributed by atoms with E-state index >= 15 is 0 Å². The molecule has 3 atom stereocenters. The first-order chi connectivity index (χ1) is 33.1. The Balaban J connectivity index is 0.000000183. The highest BCUT2D eigenvalue weighted by Gasteiger charge is 2.31. The molecule has 2 aromatic carbocycles. The quantitative estimate of drug-likeness (QED) is 0.141. The van der Waals surface area contributed by atoms with E-state index in [0.29, 0.717) is 43.0 Å². The Bertz CT molecular complexity index is 2560. The third-order valence-corrected chi connectivity index (χ3v) is 14.2.